The third-order valence-corrected chi connectivity index (χ3v) is 6.09. The quantitative estimate of drug-likeness (QED) is 0.778. The molecule has 0 aliphatic heterocycles. The Hall–Kier alpha value is 0.01000. The van der Waals surface area contributed by atoms with Crippen molar-refractivity contribution in [1.82, 2.24) is 4.72 Å². The van der Waals surface area contributed by atoms with Crippen LogP contribution in [0.5, 0.6) is 0 Å². The largest absolute Gasteiger partial charge is 0.391 e. The maximum atomic E-state index is 12.1. The summed E-state index contributed by atoms with van der Waals surface area (Å²) in [6, 6.07) is 1.26. The van der Waals surface area contributed by atoms with Crippen molar-refractivity contribution in [3.8, 4) is 0 Å². The van der Waals surface area contributed by atoms with Crippen LogP contribution in [0.3, 0.4) is 0 Å². The van der Waals surface area contributed by atoms with Crippen LogP contribution in [-0.4, -0.2) is 33.3 Å². The molecule has 0 bridgehead atoms. The van der Waals surface area contributed by atoms with E-state index in [-0.39, 0.29) is 17.5 Å². The molecule has 1 atom stereocenters. The zero-order valence-electron chi connectivity index (χ0n) is 10.1. The van der Waals surface area contributed by atoms with E-state index in [2.05, 4.69) is 20.7 Å². The lowest BCUT2D eigenvalue weighted by molar-refractivity contribution is 0.188. The minimum absolute atomic E-state index is 0.167. The Morgan fingerprint density at radius 3 is 2.78 bits per heavy atom. The first-order chi connectivity index (χ1) is 8.40. The molecule has 0 aliphatic carbocycles. The van der Waals surface area contributed by atoms with E-state index in [0.29, 0.717) is 21.7 Å². The molecule has 0 aliphatic rings. The Labute approximate surface area is 119 Å². The molecule has 18 heavy (non-hydrogen) atoms. The predicted molar refractivity (Wildman–Crippen MR) is 74.2 cm³/mol. The fourth-order valence-corrected chi connectivity index (χ4v) is 5.16. The zero-order chi connectivity index (χ0) is 13.8. The van der Waals surface area contributed by atoms with Crippen LogP contribution in [0, 0.1) is 0 Å². The number of ether oxygens (including phenoxy) is 1. The second-order valence-electron chi connectivity index (χ2n) is 3.81. The minimum Gasteiger partial charge on any atom is -0.391 e. The highest BCUT2D eigenvalue weighted by Gasteiger charge is 2.22. The van der Waals surface area contributed by atoms with Crippen molar-refractivity contribution in [3.63, 3.8) is 0 Å². The minimum atomic E-state index is -3.56. The molecule has 0 radical (unpaired) electrons. The van der Waals surface area contributed by atoms with Crippen molar-refractivity contribution in [3.05, 3.63) is 14.7 Å². The Morgan fingerprint density at radius 1 is 1.61 bits per heavy atom. The van der Waals surface area contributed by atoms with Gasteiger partial charge in [-0.2, -0.15) is 0 Å². The van der Waals surface area contributed by atoms with Crippen LogP contribution in [0.4, 0.5) is 0 Å². The number of rotatable bonds is 7. The molecule has 1 aromatic rings. The number of hydrogen-bond acceptors (Lipinski definition) is 5. The van der Waals surface area contributed by atoms with Gasteiger partial charge in [-0.25, -0.2) is 13.1 Å². The lowest BCUT2D eigenvalue weighted by Crippen LogP contribution is -2.33. The molecule has 0 amide bonds. The van der Waals surface area contributed by atoms with Crippen LogP contribution in [0.2, 0.25) is 0 Å². The number of nitrogens with one attached hydrogen (secondary N) is 1. The lowest BCUT2D eigenvalue weighted by Gasteiger charge is -2.13. The number of sulfonamides is 1. The summed E-state index contributed by atoms with van der Waals surface area (Å²) in [5.41, 5.74) is 0. The predicted octanol–water partition coefficient (Wildman–Crippen LogP) is 1.71. The first-order valence-corrected chi connectivity index (χ1v) is 8.40. The van der Waals surface area contributed by atoms with Gasteiger partial charge >= 0.3 is 0 Å². The van der Waals surface area contributed by atoms with Crippen LogP contribution < -0.4 is 4.72 Å². The molecule has 0 fully saturated rings. The number of methoxy groups -OCH3 is 1. The molecular weight excluding hydrogens is 342 g/mol. The SMILES string of the molecule is COCCC(C)NS(=O)(=O)c1cc(CO)sc1Br. The highest BCUT2D eigenvalue weighted by molar-refractivity contribution is 9.11. The van der Waals surface area contributed by atoms with E-state index in [1.807, 2.05) is 0 Å². The number of aliphatic hydroxyl groups excluding tert-OH is 1. The molecule has 5 nitrogen and oxygen atoms in total. The summed E-state index contributed by atoms with van der Waals surface area (Å²) in [5, 5.41) is 9.00. The van der Waals surface area contributed by atoms with E-state index in [1.54, 1.807) is 14.0 Å². The van der Waals surface area contributed by atoms with Crippen molar-refractivity contribution in [2.24, 2.45) is 0 Å². The van der Waals surface area contributed by atoms with E-state index in [4.69, 9.17) is 9.84 Å². The fourth-order valence-electron chi connectivity index (χ4n) is 1.34. The standard InChI is InChI=1S/C10H16BrNO4S2/c1-7(3-4-16-2)12-18(14,15)9-5-8(6-13)17-10(9)11/h5,7,12-13H,3-4,6H2,1-2H3. The van der Waals surface area contributed by atoms with Gasteiger partial charge in [0.2, 0.25) is 10.0 Å². The molecule has 0 spiro atoms. The first kappa shape index (κ1) is 16.1. The van der Waals surface area contributed by atoms with Gasteiger partial charge in [-0.05, 0) is 35.3 Å². The monoisotopic (exact) mass is 357 g/mol. The molecule has 2 N–H and O–H groups in total. The second kappa shape index (κ2) is 6.97. The molecule has 0 saturated heterocycles. The van der Waals surface area contributed by atoms with Gasteiger partial charge in [0.1, 0.15) is 4.90 Å². The normalized spacial score (nSPS) is 13.8. The molecule has 0 saturated carbocycles. The van der Waals surface area contributed by atoms with Crippen molar-refractivity contribution >= 4 is 37.3 Å². The number of aliphatic hydroxyl groups is 1. The summed E-state index contributed by atoms with van der Waals surface area (Å²) in [4.78, 5) is 0.771. The molecule has 1 heterocycles. The Kier molecular flexibility index (Phi) is 6.22. The van der Waals surface area contributed by atoms with Crippen LogP contribution in [-0.2, 0) is 21.4 Å². The number of hydrogen-bond donors (Lipinski definition) is 2. The van der Waals surface area contributed by atoms with Crippen molar-refractivity contribution in [2.45, 2.75) is 30.9 Å². The van der Waals surface area contributed by atoms with E-state index in [9.17, 15) is 8.42 Å². The maximum absolute atomic E-state index is 12.1. The Morgan fingerprint density at radius 2 is 2.28 bits per heavy atom. The maximum Gasteiger partial charge on any atom is 0.242 e. The third-order valence-electron chi connectivity index (χ3n) is 2.26. The van der Waals surface area contributed by atoms with Gasteiger partial charge in [-0.15, -0.1) is 11.3 Å². The summed E-state index contributed by atoms with van der Waals surface area (Å²) in [5.74, 6) is 0. The summed E-state index contributed by atoms with van der Waals surface area (Å²) in [6.45, 7) is 2.11. The summed E-state index contributed by atoms with van der Waals surface area (Å²) >= 11 is 4.41. The van der Waals surface area contributed by atoms with Crippen molar-refractivity contribution in [2.75, 3.05) is 13.7 Å². The zero-order valence-corrected chi connectivity index (χ0v) is 13.4. The molecule has 8 heteroatoms. The average molecular weight is 358 g/mol. The first-order valence-electron chi connectivity index (χ1n) is 5.31. The summed E-state index contributed by atoms with van der Waals surface area (Å²) in [7, 11) is -1.99. The molecule has 1 aromatic heterocycles. The number of halogens is 1. The van der Waals surface area contributed by atoms with Crippen molar-refractivity contribution in [1.29, 1.82) is 0 Å². The molecule has 0 aromatic carbocycles. The Balaban J connectivity index is 2.82. The highest BCUT2D eigenvalue weighted by atomic mass is 79.9. The van der Waals surface area contributed by atoms with Gasteiger partial charge in [-0.3, -0.25) is 0 Å². The topological polar surface area (TPSA) is 75.6 Å². The average Bonchev–Trinajstić information content (AvgIpc) is 2.68. The summed E-state index contributed by atoms with van der Waals surface area (Å²) < 4.78 is 32.2. The van der Waals surface area contributed by atoms with Gasteiger partial charge < -0.3 is 9.84 Å². The fraction of sp³-hybridized carbons (Fsp3) is 0.600. The van der Waals surface area contributed by atoms with E-state index >= 15 is 0 Å². The van der Waals surface area contributed by atoms with Crippen LogP contribution in [0.15, 0.2) is 14.7 Å². The third kappa shape index (κ3) is 4.29. The van der Waals surface area contributed by atoms with Gasteiger partial charge in [0.15, 0.2) is 0 Å². The molecule has 1 rings (SSSR count). The smallest absolute Gasteiger partial charge is 0.242 e. The van der Waals surface area contributed by atoms with Crippen LogP contribution in [0.1, 0.15) is 18.2 Å². The summed E-state index contributed by atoms with van der Waals surface area (Å²) in [6.07, 6.45) is 0.602. The van der Waals surface area contributed by atoms with E-state index < -0.39 is 10.0 Å². The van der Waals surface area contributed by atoms with Gasteiger partial charge in [0.05, 0.1) is 10.4 Å². The van der Waals surface area contributed by atoms with E-state index in [0.717, 1.165) is 0 Å². The van der Waals surface area contributed by atoms with Crippen LogP contribution in [0.25, 0.3) is 0 Å². The van der Waals surface area contributed by atoms with Crippen LogP contribution >= 0.6 is 27.3 Å². The van der Waals surface area contributed by atoms with Gasteiger partial charge in [0, 0.05) is 24.6 Å². The number of thiophene rings is 1. The Bertz CT molecular complexity index is 486. The molecular formula is C10H16BrNO4S2. The molecule has 1 unspecified atom stereocenters. The highest BCUT2D eigenvalue weighted by Crippen LogP contribution is 2.31. The van der Waals surface area contributed by atoms with E-state index in [1.165, 1.54) is 17.4 Å². The second-order valence-corrected chi connectivity index (χ2v) is 7.95. The molecule has 104 valence electrons. The van der Waals surface area contributed by atoms with Gasteiger partial charge in [-0.1, -0.05) is 0 Å². The van der Waals surface area contributed by atoms with Gasteiger partial charge in [0.25, 0.3) is 0 Å². The lowest BCUT2D eigenvalue weighted by atomic mass is 10.3. The van der Waals surface area contributed by atoms with Crippen molar-refractivity contribution < 1.29 is 18.3 Å².